The molecule has 0 bridgehead atoms. The van der Waals surface area contributed by atoms with Crippen LogP contribution < -0.4 is 0 Å². The van der Waals surface area contributed by atoms with Crippen LogP contribution in [-0.2, 0) is 4.79 Å². The summed E-state index contributed by atoms with van der Waals surface area (Å²) in [7, 11) is 0. The van der Waals surface area contributed by atoms with Crippen LogP contribution in [0.1, 0.15) is 12.5 Å². The minimum absolute atomic E-state index is 0.622. The zero-order valence-corrected chi connectivity index (χ0v) is 8.43. The summed E-state index contributed by atoms with van der Waals surface area (Å²) in [6, 6.07) is 9.37. The minimum atomic E-state index is -1.84. The minimum Gasteiger partial charge on any atom is -0.479 e. The summed E-state index contributed by atoms with van der Waals surface area (Å²) in [4.78, 5) is 10.3. The first-order valence-electron chi connectivity index (χ1n) is 4.71. The number of halogens is 1. The van der Waals surface area contributed by atoms with Gasteiger partial charge in [-0.05, 0) is 5.56 Å². The summed E-state index contributed by atoms with van der Waals surface area (Å²) in [5.74, 6) is -2.04. The molecule has 0 amide bonds. The van der Waals surface area contributed by atoms with Crippen LogP contribution in [0.3, 0.4) is 0 Å². The summed E-state index contributed by atoms with van der Waals surface area (Å²) in [6.07, 6.45) is 1.44. The van der Waals surface area contributed by atoms with Crippen molar-refractivity contribution >= 4 is 12.0 Å². The summed E-state index contributed by atoms with van der Waals surface area (Å²) in [5, 5.41) is 8.44. The van der Waals surface area contributed by atoms with Crippen LogP contribution in [0.5, 0.6) is 0 Å². The Labute approximate surface area is 88.1 Å². The Hall–Kier alpha value is -1.64. The molecule has 0 fully saturated rings. The molecule has 0 aliphatic rings. The van der Waals surface area contributed by atoms with E-state index >= 15 is 0 Å². The number of carbonyl (C=O) groups is 1. The molecule has 2 nitrogen and oxygen atoms in total. The predicted octanol–water partition coefficient (Wildman–Crippen LogP) is 2.76. The van der Waals surface area contributed by atoms with E-state index in [1.54, 1.807) is 12.2 Å². The van der Waals surface area contributed by atoms with Crippen LogP contribution >= 0.6 is 0 Å². The molecule has 2 atom stereocenters. The fraction of sp³-hybridized carbons (Fsp3) is 0.250. The normalized spacial score (nSPS) is 15.1. The molecule has 3 heteroatoms. The third-order valence-electron chi connectivity index (χ3n) is 2.09. The SMILES string of the molecule is C[C@H](/C=C/c1ccccc1)[C@H](F)C(=O)O. The van der Waals surface area contributed by atoms with Crippen molar-refractivity contribution in [2.45, 2.75) is 13.1 Å². The molecular weight excluding hydrogens is 195 g/mol. The number of allylic oxidation sites excluding steroid dienone is 1. The van der Waals surface area contributed by atoms with Gasteiger partial charge in [0.1, 0.15) is 0 Å². The van der Waals surface area contributed by atoms with E-state index in [1.165, 1.54) is 6.92 Å². The molecule has 1 aromatic carbocycles. The second-order valence-corrected chi connectivity index (χ2v) is 3.37. The van der Waals surface area contributed by atoms with Crippen molar-refractivity contribution in [1.29, 1.82) is 0 Å². The van der Waals surface area contributed by atoms with Gasteiger partial charge in [0, 0.05) is 5.92 Å². The molecule has 15 heavy (non-hydrogen) atoms. The lowest BCUT2D eigenvalue weighted by Crippen LogP contribution is -2.21. The topological polar surface area (TPSA) is 37.3 Å². The average molecular weight is 208 g/mol. The standard InChI is InChI=1S/C12H13FO2/c1-9(11(13)12(14)15)7-8-10-5-3-2-4-6-10/h2-9,11H,1H3,(H,14,15)/b8-7+/t9-,11+/m1/s1. The van der Waals surface area contributed by atoms with E-state index < -0.39 is 18.1 Å². The molecule has 0 radical (unpaired) electrons. The smallest absolute Gasteiger partial charge is 0.338 e. The van der Waals surface area contributed by atoms with Gasteiger partial charge in [-0.3, -0.25) is 0 Å². The van der Waals surface area contributed by atoms with E-state index in [9.17, 15) is 9.18 Å². The number of carboxylic acids is 1. The maximum atomic E-state index is 13.0. The van der Waals surface area contributed by atoms with E-state index in [2.05, 4.69) is 0 Å². The highest BCUT2D eigenvalue weighted by Gasteiger charge is 2.21. The predicted molar refractivity (Wildman–Crippen MR) is 57.2 cm³/mol. The molecule has 1 rings (SSSR count). The lowest BCUT2D eigenvalue weighted by molar-refractivity contribution is -0.143. The Balaban J connectivity index is 2.62. The molecule has 1 N–H and O–H groups in total. The van der Waals surface area contributed by atoms with Crippen LogP contribution in [0.15, 0.2) is 36.4 Å². The van der Waals surface area contributed by atoms with Crippen molar-refractivity contribution in [3.8, 4) is 0 Å². The molecule has 0 aliphatic carbocycles. The van der Waals surface area contributed by atoms with Gasteiger partial charge in [-0.25, -0.2) is 9.18 Å². The average Bonchev–Trinajstić information content (AvgIpc) is 2.26. The van der Waals surface area contributed by atoms with Crippen molar-refractivity contribution in [2.75, 3.05) is 0 Å². The fourth-order valence-electron chi connectivity index (χ4n) is 1.15. The van der Waals surface area contributed by atoms with Crippen LogP contribution in [0.4, 0.5) is 4.39 Å². The third kappa shape index (κ3) is 3.54. The Morgan fingerprint density at radius 2 is 2.00 bits per heavy atom. The molecule has 1 aromatic rings. The number of hydrogen-bond acceptors (Lipinski definition) is 1. The largest absolute Gasteiger partial charge is 0.479 e. The first kappa shape index (κ1) is 11.4. The van der Waals surface area contributed by atoms with Crippen LogP contribution in [0.2, 0.25) is 0 Å². The number of rotatable bonds is 4. The zero-order chi connectivity index (χ0) is 11.3. The van der Waals surface area contributed by atoms with Gasteiger partial charge in [0.25, 0.3) is 0 Å². The highest BCUT2D eigenvalue weighted by molar-refractivity contribution is 5.73. The summed E-state index contributed by atoms with van der Waals surface area (Å²) in [6.45, 7) is 1.54. The third-order valence-corrected chi connectivity index (χ3v) is 2.09. The lowest BCUT2D eigenvalue weighted by Gasteiger charge is -2.07. The Morgan fingerprint density at radius 1 is 1.40 bits per heavy atom. The van der Waals surface area contributed by atoms with E-state index in [0.29, 0.717) is 0 Å². The van der Waals surface area contributed by atoms with Gasteiger partial charge >= 0.3 is 5.97 Å². The van der Waals surface area contributed by atoms with Crippen molar-refractivity contribution in [1.82, 2.24) is 0 Å². The molecule has 0 spiro atoms. The van der Waals surface area contributed by atoms with E-state index in [1.807, 2.05) is 30.3 Å². The molecule has 0 heterocycles. The second kappa shape index (κ2) is 5.29. The molecule has 0 saturated heterocycles. The van der Waals surface area contributed by atoms with E-state index in [-0.39, 0.29) is 0 Å². The van der Waals surface area contributed by atoms with Gasteiger partial charge in [-0.2, -0.15) is 0 Å². The lowest BCUT2D eigenvalue weighted by atomic mass is 10.0. The summed E-state index contributed by atoms with van der Waals surface area (Å²) >= 11 is 0. The number of alkyl halides is 1. The maximum Gasteiger partial charge on any atom is 0.338 e. The van der Waals surface area contributed by atoms with Crippen molar-refractivity contribution in [3.05, 3.63) is 42.0 Å². The number of aliphatic carboxylic acids is 1. The Morgan fingerprint density at radius 3 is 2.53 bits per heavy atom. The van der Waals surface area contributed by atoms with Gasteiger partial charge in [0.15, 0.2) is 0 Å². The van der Waals surface area contributed by atoms with Crippen molar-refractivity contribution < 1.29 is 14.3 Å². The highest BCUT2D eigenvalue weighted by Crippen LogP contribution is 2.12. The molecule has 0 aliphatic heterocycles. The molecule has 0 aromatic heterocycles. The Kier molecular flexibility index (Phi) is 4.03. The van der Waals surface area contributed by atoms with Crippen molar-refractivity contribution in [3.63, 3.8) is 0 Å². The van der Waals surface area contributed by atoms with Crippen LogP contribution in [0, 0.1) is 5.92 Å². The van der Waals surface area contributed by atoms with Gasteiger partial charge in [0.2, 0.25) is 6.17 Å². The first-order chi connectivity index (χ1) is 7.11. The van der Waals surface area contributed by atoms with E-state index in [4.69, 9.17) is 5.11 Å². The summed E-state index contributed by atoms with van der Waals surface area (Å²) in [5.41, 5.74) is 0.932. The second-order valence-electron chi connectivity index (χ2n) is 3.37. The maximum absolute atomic E-state index is 13.0. The number of carboxylic acid groups (broad SMARTS) is 1. The summed E-state index contributed by atoms with van der Waals surface area (Å²) < 4.78 is 13.0. The Bertz CT molecular complexity index is 346. The van der Waals surface area contributed by atoms with Crippen molar-refractivity contribution in [2.24, 2.45) is 5.92 Å². The quantitative estimate of drug-likeness (QED) is 0.826. The molecular formula is C12H13FO2. The fourth-order valence-corrected chi connectivity index (χ4v) is 1.15. The number of hydrogen-bond donors (Lipinski definition) is 1. The zero-order valence-electron chi connectivity index (χ0n) is 8.43. The number of benzene rings is 1. The van der Waals surface area contributed by atoms with Gasteiger partial charge in [0.05, 0.1) is 0 Å². The molecule has 0 unspecified atom stereocenters. The highest BCUT2D eigenvalue weighted by atomic mass is 19.1. The first-order valence-corrected chi connectivity index (χ1v) is 4.71. The molecule has 0 saturated carbocycles. The van der Waals surface area contributed by atoms with Gasteiger partial charge in [-0.1, -0.05) is 49.4 Å². The van der Waals surface area contributed by atoms with Crippen LogP contribution in [0.25, 0.3) is 6.08 Å². The molecule has 80 valence electrons. The van der Waals surface area contributed by atoms with Crippen LogP contribution in [-0.4, -0.2) is 17.2 Å². The van der Waals surface area contributed by atoms with E-state index in [0.717, 1.165) is 5.56 Å². The van der Waals surface area contributed by atoms with Gasteiger partial charge in [-0.15, -0.1) is 0 Å². The van der Waals surface area contributed by atoms with Gasteiger partial charge < -0.3 is 5.11 Å². The monoisotopic (exact) mass is 208 g/mol.